The van der Waals surface area contributed by atoms with Gasteiger partial charge in [0.05, 0.1) is 17.3 Å². The molecule has 0 aliphatic rings. The van der Waals surface area contributed by atoms with Crippen molar-refractivity contribution in [3.63, 3.8) is 0 Å². The van der Waals surface area contributed by atoms with Gasteiger partial charge in [-0.25, -0.2) is 4.98 Å². The Morgan fingerprint density at radius 3 is 2.63 bits per heavy atom. The molecule has 0 bridgehead atoms. The monoisotopic (exact) mass is 256 g/mol. The number of hydrogen-bond acceptors (Lipinski definition) is 5. The van der Waals surface area contributed by atoms with Crippen LogP contribution in [-0.4, -0.2) is 10.1 Å². The summed E-state index contributed by atoms with van der Waals surface area (Å²) in [4.78, 5) is 4.37. The first-order valence-corrected chi connectivity index (χ1v) is 6.10. The highest BCUT2D eigenvalue weighted by molar-refractivity contribution is 5.53. The van der Waals surface area contributed by atoms with Gasteiger partial charge >= 0.3 is 0 Å². The molecule has 0 spiro atoms. The maximum Gasteiger partial charge on any atom is 0.144 e. The molecule has 2 rings (SSSR count). The zero-order chi connectivity index (χ0) is 14.0. The minimum atomic E-state index is -0.0207. The first-order chi connectivity index (χ1) is 9.02. The molecule has 5 heteroatoms. The second kappa shape index (κ2) is 5.11. The summed E-state index contributed by atoms with van der Waals surface area (Å²) in [5, 5.41) is 16.3. The molecule has 1 atom stereocenters. The van der Waals surface area contributed by atoms with E-state index in [4.69, 9.17) is 9.78 Å². The standard InChI is InChI=1S/C14H16N4O/c1-8-5-6-12(7-15)14(16-8)17-9(2)13-10(3)18-19-11(13)4/h5-6,9H,1-4H3,(H,16,17). The Kier molecular flexibility index (Phi) is 3.52. The van der Waals surface area contributed by atoms with Crippen LogP contribution in [-0.2, 0) is 0 Å². The van der Waals surface area contributed by atoms with Crippen molar-refractivity contribution >= 4 is 5.82 Å². The lowest BCUT2D eigenvalue weighted by Crippen LogP contribution is -2.11. The number of anilines is 1. The number of aromatic nitrogens is 2. The fourth-order valence-corrected chi connectivity index (χ4v) is 2.14. The number of rotatable bonds is 3. The average Bonchev–Trinajstić information content (AvgIpc) is 2.69. The summed E-state index contributed by atoms with van der Waals surface area (Å²) in [6.45, 7) is 7.67. The van der Waals surface area contributed by atoms with Crippen LogP contribution in [0.15, 0.2) is 16.7 Å². The van der Waals surface area contributed by atoms with E-state index in [-0.39, 0.29) is 6.04 Å². The van der Waals surface area contributed by atoms with Gasteiger partial charge in [-0.15, -0.1) is 0 Å². The van der Waals surface area contributed by atoms with Crippen LogP contribution >= 0.6 is 0 Å². The summed E-state index contributed by atoms with van der Waals surface area (Å²) in [6.07, 6.45) is 0. The van der Waals surface area contributed by atoms with E-state index in [1.54, 1.807) is 6.07 Å². The van der Waals surface area contributed by atoms with Crippen molar-refractivity contribution in [3.8, 4) is 6.07 Å². The molecule has 1 N–H and O–H groups in total. The smallest absolute Gasteiger partial charge is 0.144 e. The number of pyridine rings is 1. The average molecular weight is 256 g/mol. The first kappa shape index (κ1) is 13.1. The molecule has 5 nitrogen and oxygen atoms in total. The number of nitriles is 1. The van der Waals surface area contributed by atoms with Gasteiger partial charge in [-0.1, -0.05) is 5.16 Å². The van der Waals surface area contributed by atoms with E-state index in [2.05, 4.69) is 21.5 Å². The molecule has 0 saturated heterocycles. The van der Waals surface area contributed by atoms with Crippen LogP contribution in [0.2, 0.25) is 0 Å². The Morgan fingerprint density at radius 1 is 1.32 bits per heavy atom. The summed E-state index contributed by atoms with van der Waals surface area (Å²) in [6, 6.07) is 5.71. The van der Waals surface area contributed by atoms with Gasteiger partial charge in [0.15, 0.2) is 0 Å². The summed E-state index contributed by atoms with van der Waals surface area (Å²) < 4.78 is 5.16. The van der Waals surface area contributed by atoms with Crippen LogP contribution in [0.4, 0.5) is 5.82 Å². The lowest BCUT2D eigenvalue weighted by Gasteiger charge is -2.15. The van der Waals surface area contributed by atoms with Crippen LogP contribution in [0.25, 0.3) is 0 Å². The highest BCUT2D eigenvalue weighted by atomic mass is 16.5. The Hall–Kier alpha value is -2.35. The summed E-state index contributed by atoms with van der Waals surface area (Å²) >= 11 is 0. The highest BCUT2D eigenvalue weighted by Crippen LogP contribution is 2.25. The third-order valence-electron chi connectivity index (χ3n) is 3.03. The molecule has 2 aromatic heterocycles. The lowest BCUT2D eigenvalue weighted by molar-refractivity contribution is 0.392. The third-order valence-corrected chi connectivity index (χ3v) is 3.03. The van der Waals surface area contributed by atoms with E-state index in [1.165, 1.54) is 0 Å². The summed E-state index contributed by atoms with van der Waals surface area (Å²) in [5.74, 6) is 1.37. The van der Waals surface area contributed by atoms with Gasteiger partial charge in [0.25, 0.3) is 0 Å². The summed E-state index contributed by atoms with van der Waals surface area (Å²) in [5.41, 5.74) is 3.26. The molecule has 0 saturated carbocycles. The molecule has 0 aliphatic heterocycles. The van der Waals surface area contributed by atoms with E-state index >= 15 is 0 Å². The predicted molar refractivity (Wildman–Crippen MR) is 71.7 cm³/mol. The maximum atomic E-state index is 9.10. The van der Waals surface area contributed by atoms with Crippen molar-refractivity contribution in [2.24, 2.45) is 0 Å². The van der Waals surface area contributed by atoms with Crippen LogP contribution in [0.5, 0.6) is 0 Å². The van der Waals surface area contributed by atoms with Gasteiger partial charge in [-0.2, -0.15) is 5.26 Å². The van der Waals surface area contributed by atoms with E-state index in [9.17, 15) is 0 Å². The number of hydrogen-bond donors (Lipinski definition) is 1. The van der Waals surface area contributed by atoms with Gasteiger partial charge < -0.3 is 9.84 Å². The second-order valence-electron chi connectivity index (χ2n) is 4.56. The SMILES string of the molecule is Cc1ccc(C#N)c(NC(C)c2c(C)noc2C)n1. The van der Waals surface area contributed by atoms with Crippen LogP contribution in [0.3, 0.4) is 0 Å². The first-order valence-electron chi connectivity index (χ1n) is 6.10. The molecule has 0 radical (unpaired) electrons. The predicted octanol–water partition coefficient (Wildman–Crippen LogP) is 3.04. The summed E-state index contributed by atoms with van der Waals surface area (Å²) in [7, 11) is 0. The molecule has 0 fully saturated rings. The Morgan fingerprint density at radius 2 is 2.05 bits per heavy atom. The largest absolute Gasteiger partial charge is 0.362 e. The number of aryl methyl sites for hydroxylation is 3. The fourth-order valence-electron chi connectivity index (χ4n) is 2.14. The Bertz CT molecular complexity index is 620. The molecule has 0 aliphatic carbocycles. The normalized spacial score (nSPS) is 11.9. The molecule has 2 aromatic rings. The van der Waals surface area contributed by atoms with Crippen LogP contribution in [0.1, 0.15) is 41.2 Å². The van der Waals surface area contributed by atoms with E-state index < -0.39 is 0 Å². The topological polar surface area (TPSA) is 74.7 Å². The quantitative estimate of drug-likeness (QED) is 0.913. The van der Waals surface area contributed by atoms with Gasteiger partial charge in [0, 0.05) is 11.3 Å². The molecule has 0 aromatic carbocycles. The third kappa shape index (κ3) is 2.58. The van der Waals surface area contributed by atoms with Crippen LogP contribution in [0, 0.1) is 32.1 Å². The molecular weight excluding hydrogens is 240 g/mol. The van der Waals surface area contributed by atoms with Crippen molar-refractivity contribution in [1.29, 1.82) is 5.26 Å². The zero-order valence-electron chi connectivity index (χ0n) is 11.5. The number of nitrogens with one attached hydrogen (secondary N) is 1. The lowest BCUT2D eigenvalue weighted by atomic mass is 10.1. The maximum absolute atomic E-state index is 9.10. The van der Waals surface area contributed by atoms with Gasteiger partial charge in [-0.3, -0.25) is 0 Å². The van der Waals surface area contributed by atoms with E-state index in [0.717, 1.165) is 22.7 Å². The molecule has 2 heterocycles. The Balaban J connectivity index is 2.32. The molecule has 98 valence electrons. The molecule has 19 heavy (non-hydrogen) atoms. The molecular formula is C14H16N4O. The second-order valence-corrected chi connectivity index (χ2v) is 4.56. The Labute approximate surface area is 112 Å². The van der Waals surface area contributed by atoms with Crippen molar-refractivity contribution in [2.45, 2.75) is 33.7 Å². The van der Waals surface area contributed by atoms with Crippen molar-refractivity contribution in [3.05, 3.63) is 40.4 Å². The number of nitrogens with zero attached hydrogens (tertiary/aromatic N) is 3. The van der Waals surface area contributed by atoms with Crippen molar-refractivity contribution in [2.75, 3.05) is 5.32 Å². The van der Waals surface area contributed by atoms with Crippen LogP contribution < -0.4 is 5.32 Å². The highest BCUT2D eigenvalue weighted by Gasteiger charge is 2.17. The minimum absolute atomic E-state index is 0.0207. The van der Waals surface area contributed by atoms with Gasteiger partial charge in [-0.05, 0) is 39.8 Å². The van der Waals surface area contributed by atoms with E-state index in [1.807, 2.05) is 33.8 Å². The molecule has 0 amide bonds. The molecule has 1 unspecified atom stereocenters. The fraction of sp³-hybridized carbons (Fsp3) is 0.357. The van der Waals surface area contributed by atoms with Crippen molar-refractivity contribution in [1.82, 2.24) is 10.1 Å². The van der Waals surface area contributed by atoms with Gasteiger partial charge in [0.1, 0.15) is 17.6 Å². The van der Waals surface area contributed by atoms with Gasteiger partial charge in [0.2, 0.25) is 0 Å². The van der Waals surface area contributed by atoms with E-state index in [0.29, 0.717) is 11.4 Å². The van der Waals surface area contributed by atoms with Crippen molar-refractivity contribution < 1.29 is 4.52 Å². The minimum Gasteiger partial charge on any atom is -0.362 e. The zero-order valence-corrected chi connectivity index (χ0v) is 11.5.